The number of rotatable bonds is 6. The summed E-state index contributed by atoms with van der Waals surface area (Å²) in [7, 11) is 0. The van der Waals surface area contributed by atoms with Crippen molar-refractivity contribution in [2.75, 3.05) is 5.33 Å². The third-order valence-corrected chi connectivity index (χ3v) is 3.86. The molecule has 0 nitrogen and oxygen atoms in total. The molecular formula is C14H21Br. The van der Waals surface area contributed by atoms with E-state index in [-0.39, 0.29) is 0 Å². The van der Waals surface area contributed by atoms with E-state index in [1.807, 2.05) is 0 Å². The molecule has 84 valence electrons. The van der Waals surface area contributed by atoms with Crippen molar-refractivity contribution in [1.29, 1.82) is 0 Å². The molecule has 1 atom stereocenters. The number of halogens is 1. The van der Waals surface area contributed by atoms with Crippen LogP contribution >= 0.6 is 15.9 Å². The van der Waals surface area contributed by atoms with Crippen molar-refractivity contribution in [3.63, 3.8) is 0 Å². The van der Waals surface area contributed by atoms with Crippen molar-refractivity contribution in [2.45, 2.75) is 33.1 Å². The van der Waals surface area contributed by atoms with E-state index in [2.05, 4.69) is 60.1 Å². The Morgan fingerprint density at radius 3 is 2.33 bits per heavy atom. The first kappa shape index (κ1) is 12.8. The summed E-state index contributed by atoms with van der Waals surface area (Å²) in [6.07, 6.45) is 3.85. The minimum atomic E-state index is 0.792. The first-order valence-corrected chi connectivity index (χ1v) is 6.96. The predicted octanol–water partition coefficient (Wildman–Crippen LogP) is 4.68. The van der Waals surface area contributed by atoms with E-state index in [0.29, 0.717) is 0 Å². The Balaban J connectivity index is 2.27. The fraction of sp³-hybridized carbons (Fsp3) is 0.571. The number of benzene rings is 1. The van der Waals surface area contributed by atoms with E-state index in [1.165, 1.54) is 24.8 Å². The molecule has 1 aromatic rings. The smallest absolute Gasteiger partial charge is 0.00621 e. The highest BCUT2D eigenvalue weighted by atomic mass is 79.9. The lowest BCUT2D eigenvalue weighted by Crippen LogP contribution is -2.10. The minimum Gasteiger partial charge on any atom is -0.0925 e. The van der Waals surface area contributed by atoms with Gasteiger partial charge in [0, 0.05) is 5.33 Å². The van der Waals surface area contributed by atoms with Gasteiger partial charge in [0.15, 0.2) is 0 Å². The topological polar surface area (TPSA) is 0 Å². The molecule has 0 saturated carbocycles. The highest BCUT2D eigenvalue weighted by molar-refractivity contribution is 9.09. The van der Waals surface area contributed by atoms with Gasteiger partial charge in [0.05, 0.1) is 0 Å². The molecule has 15 heavy (non-hydrogen) atoms. The van der Waals surface area contributed by atoms with Crippen LogP contribution in [0.3, 0.4) is 0 Å². The van der Waals surface area contributed by atoms with Crippen LogP contribution in [0.5, 0.6) is 0 Å². The highest BCUT2D eigenvalue weighted by Gasteiger charge is 2.10. The van der Waals surface area contributed by atoms with Gasteiger partial charge in [-0.3, -0.25) is 0 Å². The Hall–Kier alpha value is -0.300. The van der Waals surface area contributed by atoms with Crippen LogP contribution in [0.25, 0.3) is 0 Å². The molecule has 0 spiro atoms. The Morgan fingerprint density at radius 1 is 1.13 bits per heavy atom. The van der Waals surface area contributed by atoms with Gasteiger partial charge < -0.3 is 0 Å². The summed E-state index contributed by atoms with van der Waals surface area (Å²) < 4.78 is 0. The SMILES string of the molecule is CC(C)C(CBr)CCCc1ccccc1. The summed E-state index contributed by atoms with van der Waals surface area (Å²) in [5, 5.41) is 1.14. The summed E-state index contributed by atoms with van der Waals surface area (Å²) in [5.41, 5.74) is 1.47. The third-order valence-electron chi connectivity index (χ3n) is 3.02. The zero-order chi connectivity index (χ0) is 11.1. The van der Waals surface area contributed by atoms with Crippen LogP contribution in [0, 0.1) is 11.8 Å². The molecule has 0 bridgehead atoms. The van der Waals surface area contributed by atoms with Crippen LogP contribution in [0.1, 0.15) is 32.3 Å². The molecule has 0 N–H and O–H groups in total. The van der Waals surface area contributed by atoms with E-state index in [0.717, 1.165) is 17.2 Å². The molecule has 1 rings (SSSR count). The molecule has 0 heterocycles. The van der Waals surface area contributed by atoms with Crippen LogP contribution < -0.4 is 0 Å². The Morgan fingerprint density at radius 2 is 1.80 bits per heavy atom. The molecule has 0 aliphatic heterocycles. The molecule has 0 radical (unpaired) electrons. The van der Waals surface area contributed by atoms with Crippen LogP contribution in [0.2, 0.25) is 0 Å². The van der Waals surface area contributed by atoms with Crippen molar-refractivity contribution in [1.82, 2.24) is 0 Å². The van der Waals surface area contributed by atoms with E-state index in [9.17, 15) is 0 Å². The summed E-state index contributed by atoms with van der Waals surface area (Å²) in [4.78, 5) is 0. The second-order valence-electron chi connectivity index (χ2n) is 4.54. The maximum atomic E-state index is 3.60. The second kappa shape index (κ2) is 7.05. The van der Waals surface area contributed by atoms with Crippen molar-refractivity contribution >= 4 is 15.9 Å². The quantitative estimate of drug-likeness (QED) is 0.658. The first-order valence-electron chi connectivity index (χ1n) is 5.84. The predicted molar refractivity (Wildman–Crippen MR) is 71.5 cm³/mol. The normalized spacial score (nSPS) is 13.1. The Bertz CT molecular complexity index is 253. The molecule has 0 saturated heterocycles. The lowest BCUT2D eigenvalue weighted by molar-refractivity contribution is 0.391. The third kappa shape index (κ3) is 4.83. The molecule has 1 heteroatoms. The largest absolute Gasteiger partial charge is 0.0925 e. The van der Waals surface area contributed by atoms with Gasteiger partial charge in [0.2, 0.25) is 0 Å². The zero-order valence-electron chi connectivity index (χ0n) is 9.75. The summed E-state index contributed by atoms with van der Waals surface area (Å²) in [6, 6.07) is 10.8. The van der Waals surface area contributed by atoms with Gasteiger partial charge in [-0.25, -0.2) is 0 Å². The van der Waals surface area contributed by atoms with Gasteiger partial charge >= 0.3 is 0 Å². The lowest BCUT2D eigenvalue weighted by Gasteiger charge is -2.17. The summed E-state index contributed by atoms with van der Waals surface area (Å²) >= 11 is 3.60. The Labute approximate surface area is 102 Å². The van der Waals surface area contributed by atoms with Gasteiger partial charge in [0.25, 0.3) is 0 Å². The van der Waals surface area contributed by atoms with Crippen molar-refractivity contribution in [2.24, 2.45) is 11.8 Å². The van der Waals surface area contributed by atoms with E-state index in [4.69, 9.17) is 0 Å². The fourth-order valence-electron chi connectivity index (χ4n) is 1.80. The number of alkyl halides is 1. The van der Waals surface area contributed by atoms with Crippen molar-refractivity contribution in [3.05, 3.63) is 35.9 Å². The van der Waals surface area contributed by atoms with Gasteiger partial charge in [-0.1, -0.05) is 60.1 Å². The van der Waals surface area contributed by atoms with Gasteiger partial charge in [-0.05, 0) is 36.7 Å². The molecule has 0 aliphatic carbocycles. The van der Waals surface area contributed by atoms with E-state index >= 15 is 0 Å². The second-order valence-corrected chi connectivity index (χ2v) is 5.18. The maximum Gasteiger partial charge on any atom is 0.00621 e. The molecule has 0 fully saturated rings. The van der Waals surface area contributed by atoms with E-state index < -0.39 is 0 Å². The van der Waals surface area contributed by atoms with Crippen LogP contribution in [0.4, 0.5) is 0 Å². The van der Waals surface area contributed by atoms with Crippen LogP contribution in [0.15, 0.2) is 30.3 Å². The molecule has 1 unspecified atom stereocenters. The van der Waals surface area contributed by atoms with Crippen LogP contribution in [-0.2, 0) is 6.42 Å². The number of aryl methyl sites for hydroxylation is 1. The highest BCUT2D eigenvalue weighted by Crippen LogP contribution is 2.20. The number of hydrogen-bond donors (Lipinski definition) is 0. The van der Waals surface area contributed by atoms with Gasteiger partial charge in [-0.2, -0.15) is 0 Å². The summed E-state index contributed by atoms with van der Waals surface area (Å²) in [5.74, 6) is 1.62. The first-order chi connectivity index (χ1) is 7.24. The van der Waals surface area contributed by atoms with Crippen molar-refractivity contribution < 1.29 is 0 Å². The van der Waals surface area contributed by atoms with E-state index in [1.54, 1.807) is 0 Å². The number of hydrogen-bond acceptors (Lipinski definition) is 0. The monoisotopic (exact) mass is 268 g/mol. The molecular weight excluding hydrogens is 248 g/mol. The molecule has 0 amide bonds. The average molecular weight is 269 g/mol. The van der Waals surface area contributed by atoms with Crippen molar-refractivity contribution in [3.8, 4) is 0 Å². The molecule has 0 aromatic heterocycles. The average Bonchev–Trinajstić information content (AvgIpc) is 2.25. The van der Waals surface area contributed by atoms with Crippen LogP contribution in [-0.4, -0.2) is 5.33 Å². The molecule has 0 aliphatic rings. The van der Waals surface area contributed by atoms with Gasteiger partial charge in [-0.15, -0.1) is 0 Å². The fourth-order valence-corrected chi connectivity index (χ4v) is 2.87. The summed E-state index contributed by atoms with van der Waals surface area (Å²) in [6.45, 7) is 4.63. The minimum absolute atomic E-state index is 0.792. The standard InChI is InChI=1S/C14H21Br/c1-12(2)14(11-15)10-6-9-13-7-4-3-5-8-13/h3-5,7-8,12,14H,6,9-11H2,1-2H3. The molecule has 1 aromatic carbocycles. The lowest BCUT2D eigenvalue weighted by atomic mass is 9.92. The Kier molecular flexibility index (Phi) is 6.00. The maximum absolute atomic E-state index is 3.60. The zero-order valence-corrected chi connectivity index (χ0v) is 11.3. The van der Waals surface area contributed by atoms with Gasteiger partial charge in [0.1, 0.15) is 0 Å².